The van der Waals surface area contributed by atoms with Gasteiger partial charge in [-0.2, -0.15) is 0 Å². The molecule has 16 heavy (non-hydrogen) atoms. The molecule has 1 unspecified atom stereocenters. The number of aliphatic carboxylic acids is 1. The molecule has 1 rings (SSSR count). The molecule has 1 heterocycles. The van der Waals surface area contributed by atoms with Crippen molar-refractivity contribution in [2.24, 2.45) is 5.73 Å². The molecule has 0 aliphatic heterocycles. The van der Waals surface area contributed by atoms with Crippen LogP contribution < -0.4 is 11.1 Å². The molecule has 0 aliphatic rings. The number of rotatable bonds is 6. The van der Waals surface area contributed by atoms with Gasteiger partial charge in [0, 0.05) is 24.9 Å². The van der Waals surface area contributed by atoms with Crippen LogP contribution in [0.1, 0.15) is 12.1 Å². The average molecular weight is 226 g/mol. The molecule has 5 N–H and O–H groups in total. The molecule has 0 fully saturated rings. The summed E-state index contributed by atoms with van der Waals surface area (Å²) in [5.41, 5.74) is 6.26. The molecule has 1 amide bonds. The van der Waals surface area contributed by atoms with Crippen LogP contribution in [0.4, 0.5) is 0 Å². The van der Waals surface area contributed by atoms with Gasteiger partial charge in [-0.3, -0.25) is 9.59 Å². The number of carboxylic acids is 1. The fourth-order valence-electron chi connectivity index (χ4n) is 1.15. The summed E-state index contributed by atoms with van der Waals surface area (Å²) in [4.78, 5) is 28.3. The average Bonchev–Trinajstić information content (AvgIpc) is 2.69. The Balaban J connectivity index is 2.22. The van der Waals surface area contributed by atoms with Crippen LogP contribution in [-0.4, -0.2) is 39.5 Å². The number of amides is 1. The SMILES string of the molecule is NC(CC(=O)O)C(=O)NCCc1cnc[nH]1. The maximum Gasteiger partial charge on any atom is 0.305 e. The van der Waals surface area contributed by atoms with Crippen molar-refractivity contribution < 1.29 is 14.7 Å². The van der Waals surface area contributed by atoms with E-state index in [1.807, 2.05) is 0 Å². The normalized spacial score (nSPS) is 12.1. The van der Waals surface area contributed by atoms with Crippen LogP contribution in [0, 0.1) is 0 Å². The van der Waals surface area contributed by atoms with E-state index in [9.17, 15) is 9.59 Å². The van der Waals surface area contributed by atoms with Gasteiger partial charge in [0.25, 0.3) is 0 Å². The first-order chi connectivity index (χ1) is 7.59. The predicted octanol–water partition coefficient (Wildman–Crippen LogP) is -1.13. The highest BCUT2D eigenvalue weighted by Gasteiger charge is 2.16. The number of nitrogens with one attached hydrogen (secondary N) is 2. The van der Waals surface area contributed by atoms with E-state index < -0.39 is 17.9 Å². The van der Waals surface area contributed by atoms with E-state index in [2.05, 4.69) is 15.3 Å². The number of imidazole rings is 1. The zero-order valence-corrected chi connectivity index (χ0v) is 8.64. The Labute approximate surface area is 92.1 Å². The van der Waals surface area contributed by atoms with Crippen LogP contribution >= 0.6 is 0 Å². The van der Waals surface area contributed by atoms with E-state index in [4.69, 9.17) is 10.8 Å². The highest BCUT2D eigenvalue weighted by atomic mass is 16.4. The van der Waals surface area contributed by atoms with Crippen LogP contribution in [0.3, 0.4) is 0 Å². The van der Waals surface area contributed by atoms with Gasteiger partial charge in [0.15, 0.2) is 0 Å². The maximum absolute atomic E-state index is 11.3. The van der Waals surface area contributed by atoms with E-state index >= 15 is 0 Å². The number of aromatic nitrogens is 2. The molecule has 1 aromatic heterocycles. The highest BCUT2D eigenvalue weighted by molar-refractivity contribution is 5.85. The predicted molar refractivity (Wildman–Crippen MR) is 55.5 cm³/mol. The Hall–Kier alpha value is -1.89. The molecule has 0 aromatic carbocycles. The van der Waals surface area contributed by atoms with Crippen LogP contribution in [0.15, 0.2) is 12.5 Å². The molecule has 0 spiro atoms. The summed E-state index contributed by atoms with van der Waals surface area (Å²) < 4.78 is 0. The summed E-state index contributed by atoms with van der Waals surface area (Å²) in [7, 11) is 0. The molecular formula is C9H14N4O3. The van der Waals surface area contributed by atoms with Crippen molar-refractivity contribution >= 4 is 11.9 Å². The highest BCUT2D eigenvalue weighted by Crippen LogP contribution is 1.92. The molecule has 0 saturated heterocycles. The van der Waals surface area contributed by atoms with Crippen molar-refractivity contribution in [2.75, 3.05) is 6.54 Å². The second-order valence-corrected chi connectivity index (χ2v) is 3.32. The first-order valence-corrected chi connectivity index (χ1v) is 4.82. The summed E-state index contributed by atoms with van der Waals surface area (Å²) in [6, 6.07) is -1.00. The van der Waals surface area contributed by atoms with Crippen molar-refractivity contribution in [2.45, 2.75) is 18.9 Å². The fraction of sp³-hybridized carbons (Fsp3) is 0.444. The summed E-state index contributed by atoms with van der Waals surface area (Å²) >= 11 is 0. The maximum atomic E-state index is 11.3. The van der Waals surface area contributed by atoms with Crippen LogP contribution in [0.25, 0.3) is 0 Å². The number of carbonyl (C=O) groups is 2. The summed E-state index contributed by atoms with van der Waals surface area (Å²) in [6.07, 6.45) is 3.44. The molecule has 0 radical (unpaired) electrons. The van der Waals surface area contributed by atoms with Gasteiger partial charge in [-0.1, -0.05) is 0 Å². The van der Waals surface area contributed by atoms with Crippen LogP contribution in [-0.2, 0) is 16.0 Å². The number of hydrogen-bond acceptors (Lipinski definition) is 4. The van der Waals surface area contributed by atoms with Gasteiger partial charge >= 0.3 is 5.97 Å². The quantitative estimate of drug-likeness (QED) is 0.489. The topological polar surface area (TPSA) is 121 Å². The lowest BCUT2D eigenvalue weighted by Gasteiger charge is -2.09. The number of nitrogens with two attached hydrogens (primary N) is 1. The molecule has 88 valence electrons. The van der Waals surface area contributed by atoms with E-state index in [1.54, 1.807) is 12.5 Å². The van der Waals surface area contributed by atoms with Crippen LogP contribution in [0.5, 0.6) is 0 Å². The lowest BCUT2D eigenvalue weighted by molar-refractivity contribution is -0.139. The lowest BCUT2D eigenvalue weighted by atomic mass is 10.2. The molecule has 0 saturated carbocycles. The number of aromatic amines is 1. The zero-order chi connectivity index (χ0) is 12.0. The fourth-order valence-corrected chi connectivity index (χ4v) is 1.15. The second-order valence-electron chi connectivity index (χ2n) is 3.32. The Bertz CT molecular complexity index is 350. The van der Waals surface area contributed by atoms with Crippen LogP contribution in [0.2, 0.25) is 0 Å². The van der Waals surface area contributed by atoms with Gasteiger partial charge in [0.2, 0.25) is 5.91 Å². The lowest BCUT2D eigenvalue weighted by Crippen LogP contribution is -2.42. The molecule has 1 aromatic rings. The number of nitrogens with zero attached hydrogens (tertiary/aromatic N) is 1. The third-order valence-corrected chi connectivity index (χ3v) is 1.98. The van der Waals surface area contributed by atoms with Gasteiger partial charge in [-0.05, 0) is 0 Å². The van der Waals surface area contributed by atoms with Crippen molar-refractivity contribution in [3.8, 4) is 0 Å². The summed E-state index contributed by atoms with van der Waals surface area (Å²) in [6.45, 7) is 0.397. The molecule has 1 atom stereocenters. The van der Waals surface area contributed by atoms with Gasteiger partial charge in [0.1, 0.15) is 0 Å². The Morgan fingerprint density at radius 2 is 2.38 bits per heavy atom. The Kier molecular flexibility index (Phi) is 4.46. The minimum atomic E-state index is -1.09. The van der Waals surface area contributed by atoms with Gasteiger partial charge in [-0.25, -0.2) is 4.98 Å². The van der Waals surface area contributed by atoms with E-state index in [0.717, 1.165) is 5.69 Å². The number of H-pyrrole nitrogens is 1. The van der Waals surface area contributed by atoms with Crippen molar-refractivity contribution in [3.05, 3.63) is 18.2 Å². The first-order valence-electron chi connectivity index (χ1n) is 4.82. The third-order valence-electron chi connectivity index (χ3n) is 1.98. The van der Waals surface area contributed by atoms with E-state index in [-0.39, 0.29) is 6.42 Å². The van der Waals surface area contributed by atoms with Gasteiger partial charge in [-0.15, -0.1) is 0 Å². The Morgan fingerprint density at radius 3 is 2.94 bits per heavy atom. The smallest absolute Gasteiger partial charge is 0.305 e. The molecule has 0 bridgehead atoms. The summed E-state index contributed by atoms with van der Waals surface area (Å²) in [5.74, 6) is -1.54. The minimum absolute atomic E-state index is 0.365. The Morgan fingerprint density at radius 1 is 1.62 bits per heavy atom. The van der Waals surface area contributed by atoms with E-state index in [1.165, 1.54) is 0 Å². The largest absolute Gasteiger partial charge is 0.481 e. The van der Waals surface area contributed by atoms with Crippen molar-refractivity contribution in [1.29, 1.82) is 0 Å². The number of carbonyl (C=O) groups excluding carboxylic acids is 1. The van der Waals surface area contributed by atoms with Crippen molar-refractivity contribution in [3.63, 3.8) is 0 Å². The number of carboxylic acid groups (broad SMARTS) is 1. The number of hydrogen-bond donors (Lipinski definition) is 4. The van der Waals surface area contributed by atoms with E-state index in [0.29, 0.717) is 13.0 Å². The standard InChI is InChI=1S/C9H14N4O3/c10-7(3-8(14)15)9(16)12-2-1-6-4-11-5-13-6/h4-5,7H,1-3,10H2,(H,11,13)(H,12,16)(H,14,15). The summed E-state index contributed by atoms with van der Waals surface area (Å²) in [5, 5.41) is 11.0. The molecule has 7 nitrogen and oxygen atoms in total. The van der Waals surface area contributed by atoms with Gasteiger partial charge in [0.05, 0.1) is 18.8 Å². The molecule has 7 heteroatoms. The van der Waals surface area contributed by atoms with Crippen molar-refractivity contribution in [1.82, 2.24) is 15.3 Å². The van der Waals surface area contributed by atoms with Gasteiger partial charge < -0.3 is 21.1 Å². The zero-order valence-electron chi connectivity index (χ0n) is 8.64. The third kappa shape index (κ3) is 4.09. The monoisotopic (exact) mass is 226 g/mol. The molecular weight excluding hydrogens is 212 g/mol. The molecule has 0 aliphatic carbocycles. The first kappa shape index (κ1) is 12.2. The minimum Gasteiger partial charge on any atom is -0.481 e. The second kappa shape index (κ2) is 5.86.